The molecule has 0 saturated heterocycles. The lowest BCUT2D eigenvalue weighted by Gasteiger charge is -2.05. The van der Waals surface area contributed by atoms with Crippen LogP contribution in [0, 0.1) is 0 Å². The number of ether oxygens (including phenoxy) is 2. The zero-order valence-electron chi connectivity index (χ0n) is 10.2. The summed E-state index contributed by atoms with van der Waals surface area (Å²) in [5, 5.41) is 0. The molecule has 1 aliphatic rings. The number of Topliss-reactive ketones (excluding diaryl/α,β-unsaturated/α-hetero) is 1. The molecule has 1 aromatic heterocycles. The van der Waals surface area contributed by atoms with Crippen LogP contribution in [0.25, 0.3) is 0 Å². The minimum atomic E-state index is -0.297. The standard InChI is InChI=1S/C13H9BrN2O4/c14-9-4-15-6-16(13(9)18)5-10(17)8-1-2-11-12(3-8)20-7-19-11/h1-4,6H,5,7H2. The molecule has 20 heavy (non-hydrogen) atoms. The van der Waals surface area contributed by atoms with E-state index in [0.717, 1.165) is 0 Å². The van der Waals surface area contributed by atoms with Gasteiger partial charge >= 0.3 is 0 Å². The fourth-order valence-corrected chi connectivity index (χ4v) is 2.20. The van der Waals surface area contributed by atoms with Crippen molar-refractivity contribution in [3.05, 3.63) is 51.1 Å². The van der Waals surface area contributed by atoms with E-state index in [2.05, 4.69) is 20.9 Å². The first-order valence-electron chi connectivity index (χ1n) is 5.78. The molecule has 0 radical (unpaired) electrons. The Kier molecular flexibility index (Phi) is 3.27. The Labute approximate surface area is 122 Å². The number of nitrogens with zero attached hydrogens (tertiary/aromatic N) is 2. The van der Waals surface area contributed by atoms with Crippen molar-refractivity contribution in [1.82, 2.24) is 9.55 Å². The van der Waals surface area contributed by atoms with Crippen molar-refractivity contribution in [2.75, 3.05) is 6.79 Å². The predicted octanol–water partition coefficient (Wildman–Crippen LogP) is 1.62. The van der Waals surface area contributed by atoms with Crippen molar-refractivity contribution in [3.8, 4) is 11.5 Å². The normalized spacial score (nSPS) is 12.4. The third-order valence-corrected chi connectivity index (χ3v) is 3.41. The summed E-state index contributed by atoms with van der Waals surface area (Å²) in [6.07, 6.45) is 2.72. The summed E-state index contributed by atoms with van der Waals surface area (Å²) in [5.74, 6) is 0.948. The molecule has 0 N–H and O–H groups in total. The maximum Gasteiger partial charge on any atom is 0.268 e. The monoisotopic (exact) mass is 336 g/mol. The van der Waals surface area contributed by atoms with Crippen LogP contribution in [0.15, 0.2) is 40.0 Å². The highest BCUT2D eigenvalue weighted by Gasteiger charge is 2.16. The SMILES string of the molecule is O=C(Cn1cncc(Br)c1=O)c1ccc2c(c1)OCO2. The number of ketones is 1. The van der Waals surface area contributed by atoms with Crippen LogP contribution in [-0.4, -0.2) is 22.1 Å². The first-order valence-corrected chi connectivity index (χ1v) is 6.57. The molecule has 0 aliphatic carbocycles. The van der Waals surface area contributed by atoms with Gasteiger partial charge in [-0.05, 0) is 34.1 Å². The number of carbonyl (C=O) groups is 1. The van der Waals surface area contributed by atoms with E-state index in [9.17, 15) is 9.59 Å². The number of carbonyl (C=O) groups excluding carboxylic acids is 1. The van der Waals surface area contributed by atoms with E-state index in [1.54, 1.807) is 18.2 Å². The molecule has 102 valence electrons. The van der Waals surface area contributed by atoms with Crippen molar-refractivity contribution in [1.29, 1.82) is 0 Å². The Morgan fingerprint density at radius 2 is 2.15 bits per heavy atom. The summed E-state index contributed by atoms with van der Waals surface area (Å²) in [6, 6.07) is 4.94. The van der Waals surface area contributed by atoms with Crippen LogP contribution in [0.5, 0.6) is 11.5 Å². The number of rotatable bonds is 3. The van der Waals surface area contributed by atoms with Gasteiger partial charge in [0.05, 0.1) is 12.9 Å². The lowest BCUT2D eigenvalue weighted by Crippen LogP contribution is -2.24. The van der Waals surface area contributed by atoms with Crippen molar-refractivity contribution in [2.24, 2.45) is 0 Å². The van der Waals surface area contributed by atoms with Crippen LogP contribution in [-0.2, 0) is 6.54 Å². The van der Waals surface area contributed by atoms with Gasteiger partial charge in [0.25, 0.3) is 5.56 Å². The van der Waals surface area contributed by atoms with Crippen molar-refractivity contribution in [3.63, 3.8) is 0 Å². The maximum atomic E-state index is 12.2. The molecule has 0 unspecified atom stereocenters. The molecule has 0 saturated carbocycles. The number of aromatic nitrogens is 2. The van der Waals surface area contributed by atoms with Gasteiger partial charge in [-0.3, -0.25) is 14.2 Å². The molecule has 0 atom stereocenters. The third-order valence-electron chi connectivity index (χ3n) is 2.87. The largest absolute Gasteiger partial charge is 0.454 e. The summed E-state index contributed by atoms with van der Waals surface area (Å²) in [5.41, 5.74) is 0.162. The lowest BCUT2D eigenvalue weighted by atomic mass is 10.1. The van der Waals surface area contributed by atoms with Gasteiger partial charge in [-0.15, -0.1) is 0 Å². The van der Waals surface area contributed by atoms with Crippen LogP contribution in [0.3, 0.4) is 0 Å². The predicted molar refractivity (Wildman–Crippen MR) is 73.1 cm³/mol. The van der Waals surface area contributed by atoms with Gasteiger partial charge in [-0.25, -0.2) is 4.98 Å². The average molecular weight is 337 g/mol. The van der Waals surface area contributed by atoms with Gasteiger partial charge in [-0.1, -0.05) is 0 Å². The second kappa shape index (κ2) is 5.09. The van der Waals surface area contributed by atoms with Crippen molar-refractivity contribution in [2.45, 2.75) is 6.54 Å². The Bertz CT molecular complexity index is 741. The zero-order valence-corrected chi connectivity index (χ0v) is 11.8. The number of halogens is 1. The van der Waals surface area contributed by atoms with E-state index in [-0.39, 0.29) is 24.7 Å². The fourth-order valence-electron chi connectivity index (χ4n) is 1.85. The molecule has 7 heteroatoms. The molecule has 1 aliphatic heterocycles. The lowest BCUT2D eigenvalue weighted by molar-refractivity contribution is 0.0970. The molecule has 0 fully saturated rings. The van der Waals surface area contributed by atoms with E-state index in [1.165, 1.54) is 17.1 Å². The molecule has 6 nitrogen and oxygen atoms in total. The quantitative estimate of drug-likeness (QED) is 0.796. The molecule has 1 aromatic carbocycles. The van der Waals surface area contributed by atoms with Crippen LogP contribution >= 0.6 is 15.9 Å². The van der Waals surface area contributed by atoms with E-state index >= 15 is 0 Å². The van der Waals surface area contributed by atoms with E-state index in [4.69, 9.17) is 9.47 Å². The molecular weight excluding hydrogens is 328 g/mol. The summed E-state index contributed by atoms with van der Waals surface area (Å²) < 4.78 is 12.0. The average Bonchev–Trinajstić information content (AvgIpc) is 2.91. The highest BCUT2D eigenvalue weighted by atomic mass is 79.9. The van der Waals surface area contributed by atoms with Crippen LogP contribution in [0.2, 0.25) is 0 Å². The molecule has 3 rings (SSSR count). The summed E-state index contributed by atoms with van der Waals surface area (Å²) in [6.45, 7) is 0.0763. The molecule has 2 heterocycles. The minimum Gasteiger partial charge on any atom is -0.454 e. The molecule has 0 bridgehead atoms. The summed E-state index contributed by atoms with van der Waals surface area (Å²) in [7, 11) is 0. The van der Waals surface area contributed by atoms with Gasteiger partial charge in [0.15, 0.2) is 17.3 Å². The number of hydrogen-bond acceptors (Lipinski definition) is 5. The number of fused-ring (bicyclic) bond motifs is 1. The summed E-state index contributed by atoms with van der Waals surface area (Å²) >= 11 is 3.09. The van der Waals surface area contributed by atoms with Gasteiger partial charge in [0.2, 0.25) is 6.79 Å². The van der Waals surface area contributed by atoms with E-state index in [1.807, 2.05) is 0 Å². The van der Waals surface area contributed by atoms with Crippen molar-refractivity contribution < 1.29 is 14.3 Å². The Morgan fingerprint density at radius 1 is 1.35 bits per heavy atom. The molecule has 0 spiro atoms. The van der Waals surface area contributed by atoms with Gasteiger partial charge in [-0.2, -0.15) is 0 Å². The number of benzene rings is 1. The van der Waals surface area contributed by atoms with Crippen LogP contribution < -0.4 is 15.0 Å². The highest BCUT2D eigenvalue weighted by Crippen LogP contribution is 2.32. The first kappa shape index (κ1) is 12.9. The first-order chi connectivity index (χ1) is 9.65. The van der Waals surface area contributed by atoms with E-state index in [0.29, 0.717) is 21.5 Å². The third kappa shape index (κ3) is 2.32. The van der Waals surface area contributed by atoms with Gasteiger partial charge < -0.3 is 9.47 Å². The Morgan fingerprint density at radius 3 is 3.00 bits per heavy atom. The summed E-state index contributed by atoms with van der Waals surface area (Å²) in [4.78, 5) is 27.8. The smallest absolute Gasteiger partial charge is 0.268 e. The van der Waals surface area contributed by atoms with Crippen LogP contribution in [0.1, 0.15) is 10.4 Å². The highest BCUT2D eigenvalue weighted by molar-refractivity contribution is 9.10. The van der Waals surface area contributed by atoms with Gasteiger partial charge in [0, 0.05) is 11.8 Å². The van der Waals surface area contributed by atoms with E-state index < -0.39 is 0 Å². The molecule has 2 aromatic rings. The maximum absolute atomic E-state index is 12.2. The Hall–Kier alpha value is -2.15. The molecular formula is C13H9BrN2O4. The second-order valence-corrected chi connectivity index (χ2v) is 5.02. The van der Waals surface area contributed by atoms with Crippen LogP contribution in [0.4, 0.5) is 0 Å². The molecule has 0 amide bonds. The minimum absolute atomic E-state index is 0.0785. The topological polar surface area (TPSA) is 70.4 Å². The van der Waals surface area contributed by atoms with Crippen molar-refractivity contribution >= 4 is 21.7 Å². The second-order valence-electron chi connectivity index (χ2n) is 4.17. The Balaban J connectivity index is 1.86. The number of hydrogen-bond donors (Lipinski definition) is 0. The zero-order chi connectivity index (χ0) is 14.1. The fraction of sp³-hybridized carbons (Fsp3) is 0.154. The van der Waals surface area contributed by atoms with Gasteiger partial charge in [0.1, 0.15) is 4.47 Å².